The summed E-state index contributed by atoms with van der Waals surface area (Å²) in [5, 5.41) is 0. The molecule has 0 atom stereocenters. The molecule has 10 heteroatoms. The Morgan fingerprint density at radius 3 is 1.13 bits per heavy atom. The Labute approximate surface area is 153 Å². The van der Waals surface area contributed by atoms with Crippen molar-refractivity contribution in [1.29, 1.82) is 0 Å². The van der Waals surface area contributed by atoms with E-state index in [-0.39, 0.29) is 0 Å². The van der Waals surface area contributed by atoms with Gasteiger partial charge in [0.1, 0.15) is 0 Å². The molecule has 0 aliphatic heterocycles. The molecular weight excluding hydrogens is 387 g/mol. The quantitative estimate of drug-likeness (QED) is 0.195. The van der Waals surface area contributed by atoms with Crippen LogP contribution in [0.4, 0.5) is 0 Å². The minimum absolute atomic E-state index is 0.453. The van der Waals surface area contributed by atoms with E-state index in [1.807, 2.05) is 0 Å². The van der Waals surface area contributed by atoms with E-state index in [2.05, 4.69) is 0 Å². The predicted molar refractivity (Wildman–Crippen MR) is 94.1 cm³/mol. The fraction of sp³-hybridized carbons (Fsp3) is 1.00. The third-order valence-corrected chi connectivity index (χ3v) is 4.92. The highest BCUT2D eigenvalue weighted by atomic mass is 35.8. The molecule has 6 nitrogen and oxygen atoms in total. The van der Waals surface area contributed by atoms with Gasteiger partial charge in [-0.25, -0.2) is 0 Å². The van der Waals surface area contributed by atoms with E-state index in [1.54, 1.807) is 7.11 Å². The molecule has 0 aromatic rings. The van der Waals surface area contributed by atoms with Gasteiger partial charge in [-0.3, -0.25) is 0 Å². The first-order valence-corrected chi connectivity index (χ1v) is 12.7. The van der Waals surface area contributed by atoms with Crippen LogP contribution in [-0.2, 0) is 28.4 Å². The molecule has 0 aromatic carbocycles. The van der Waals surface area contributed by atoms with Crippen LogP contribution in [0.25, 0.3) is 0 Å². The van der Waals surface area contributed by atoms with Crippen LogP contribution in [0.1, 0.15) is 0 Å². The molecule has 0 spiro atoms. The Hall–Kier alpha value is 0.847. The predicted octanol–water partition coefficient (Wildman–Crippen LogP) is 2.37. The highest BCUT2D eigenvalue weighted by Gasteiger charge is 2.23. The fourth-order valence-corrected chi connectivity index (χ4v) is 2.38. The second-order valence-electron chi connectivity index (χ2n) is 4.42. The molecule has 0 aliphatic rings. The smallest absolute Gasteiger partial charge is 0.343 e. The van der Waals surface area contributed by atoms with E-state index in [4.69, 9.17) is 61.7 Å². The number of methoxy groups -OCH3 is 1. The van der Waals surface area contributed by atoms with Crippen molar-refractivity contribution in [3.05, 3.63) is 0 Å². The van der Waals surface area contributed by atoms with Gasteiger partial charge < -0.3 is 28.4 Å². The lowest BCUT2D eigenvalue weighted by atomic mass is 10.7. The average molecular weight is 414 g/mol. The van der Waals surface area contributed by atoms with Gasteiger partial charge in [0.25, 0.3) is 0 Å². The zero-order valence-corrected chi connectivity index (χ0v) is 16.8. The van der Waals surface area contributed by atoms with Gasteiger partial charge in [0.2, 0.25) is 0 Å². The zero-order chi connectivity index (χ0) is 17.2. The van der Waals surface area contributed by atoms with E-state index in [9.17, 15) is 0 Å². The summed E-state index contributed by atoms with van der Waals surface area (Å²) in [5.41, 5.74) is 0. The van der Waals surface area contributed by atoms with Crippen LogP contribution < -0.4 is 0 Å². The second-order valence-corrected chi connectivity index (χ2v) is 13.7. The van der Waals surface area contributed by atoms with Crippen molar-refractivity contribution in [2.45, 2.75) is 6.04 Å². The van der Waals surface area contributed by atoms with Gasteiger partial charge in [-0.15, -0.1) is 33.2 Å². The highest BCUT2D eigenvalue weighted by molar-refractivity contribution is 7.64. The molecule has 0 bridgehead atoms. The Bertz CT molecular complexity index is 246. The average Bonchev–Trinajstić information content (AvgIpc) is 2.49. The molecule has 0 saturated carbocycles. The molecule has 0 heterocycles. The molecule has 0 radical (unpaired) electrons. The van der Waals surface area contributed by atoms with Crippen LogP contribution in [0.5, 0.6) is 0 Å². The van der Waals surface area contributed by atoms with Gasteiger partial charge in [-0.05, 0) is 0 Å². The maximum Gasteiger partial charge on any atom is 0.343 e. The summed E-state index contributed by atoms with van der Waals surface area (Å²) in [6.45, 7) is 5.86. The van der Waals surface area contributed by atoms with Crippen molar-refractivity contribution in [1.82, 2.24) is 0 Å². The summed E-state index contributed by atoms with van der Waals surface area (Å²) >= 11 is 17.2. The molecule has 0 fully saturated rings. The lowest BCUT2D eigenvalue weighted by molar-refractivity contribution is -0.0140. The van der Waals surface area contributed by atoms with E-state index < -0.39 is 6.00 Å². The van der Waals surface area contributed by atoms with E-state index in [0.717, 1.165) is 0 Å². The van der Waals surface area contributed by atoms with Crippen LogP contribution >= 0.6 is 33.2 Å². The van der Waals surface area contributed by atoms with Crippen molar-refractivity contribution in [2.24, 2.45) is 0 Å². The van der Waals surface area contributed by atoms with Crippen molar-refractivity contribution < 1.29 is 28.4 Å². The van der Waals surface area contributed by atoms with Gasteiger partial charge in [-0.2, -0.15) is 0 Å². The largest absolute Gasteiger partial charge is 0.382 e. The number of ether oxygens (including phenoxy) is 6. The first-order chi connectivity index (χ1) is 11.1. The maximum atomic E-state index is 5.72. The van der Waals surface area contributed by atoms with Gasteiger partial charge in [0.05, 0.1) is 66.1 Å². The maximum absolute atomic E-state index is 5.72. The SMILES string of the molecule is COCCOCCOCCOCCOCCOCC[Si](Cl)(Cl)Cl. The molecule has 0 amide bonds. The van der Waals surface area contributed by atoms with Crippen molar-refractivity contribution in [2.75, 3.05) is 79.8 Å². The molecule has 0 rings (SSSR count). The first-order valence-electron chi connectivity index (χ1n) is 7.50. The lowest BCUT2D eigenvalue weighted by Gasteiger charge is -2.09. The Kier molecular flexibility index (Phi) is 18.3. The summed E-state index contributed by atoms with van der Waals surface area (Å²) in [5.74, 6) is 0. The van der Waals surface area contributed by atoms with E-state index in [0.29, 0.717) is 78.7 Å². The topological polar surface area (TPSA) is 55.4 Å². The number of rotatable bonds is 18. The third-order valence-electron chi connectivity index (χ3n) is 2.45. The molecule has 0 aromatic heterocycles. The van der Waals surface area contributed by atoms with Crippen molar-refractivity contribution in [3.63, 3.8) is 0 Å². The number of halogens is 3. The summed E-state index contributed by atoms with van der Waals surface area (Å²) in [6.07, 6.45) is 0. The molecule has 0 saturated heterocycles. The van der Waals surface area contributed by atoms with Gasteiger partial charge in [0, 0.05) is 19.8 Å². The van der Waals surface area contributed by atoms with Crippen LogP contribution in [0.2, 0.25) is 6.04 Å². The Morgan fingerprint density at radius 2 is 0.826 bits per heavy atom. The Balaban J connectivity index is 3.00. The van der Waals surface area contributed by atoms with Crippen LogP contribution in [0.3, 0.4) is 0 Å². The molecule has 0 unspecified atom stereocenters. The van der Waals surface area contributed by atoms with Crippen LogP contribution in [0, 0.1) is 0 Å². The highest BCUT2D eigenvalue weighted by Crippen LogP contribution is 2.24. The lowest BCUT2D eigenvalue weighted by Crippen LogP contribution is -2.15. The fourth-order valence-electron chi connectivity index (χ4n) is 1.31. The molecular formula is C13H27Cl3O6Si. The van der Waals surface area contributed by atoms with E-state index in [1.165, 1.54) is 0 Å². The number of hydrogen-bond acceptors (Lipinski definition) is 6. The van der Waals surface area contributed by atoms with Crippen LogP contribution in [-0.4, -0.2) is 85.8 Å². The monoisotopic (exact) mass is 412 g/mol. The van der Waals surface area contributed by atoms with Gasteiger partial charge in [-0.1, -0.05) is 0 Å². The van der Waals surface area contributed by atoms with Crippen LogP contribution in [0.15, 0.2) is 0 Å². The molecule has 23 heavy (non-hydrogen) atoms. The minimum atomic E-state index is -2.56. The molecule has 0 N–H and O–H groups in total. The first kappa shape index (κ1) is 23.8. The summed E-state index contributed by atoms with van der Waals surface area (Å²) in [6, 6.07) is -2.06. The zero-order valence-electron chi connectivity index (χ0n) is 13.6. The Morgan fingerprint density at radius 1 is 0.522 bits per heavy atom. The molecule has 0 aliphatic carbocycles. The second kappa shape index (κ2) is 17.7. The van der Waals surface area contributed by atoms with Gasteiger partial charge in [0.15, 0.2) is 0 Å². The van der Waals surface area contributed by atoms with E-state index >= 15 is 0 Å². The van der Waals surface area contributed by atoms with Crippen molar-refractivity contribution >= 4 is 39.2 Å². The number of hydrogen-bond donors (Lipinski definition) is 0. The minimum Gasteiger partial charge on any atom is -0.382 e. The summed E-state index contributed by atoms with van der Waals surface area (Å²) in [7, 11) is 1.64. The normalized spacial score (nSPS) is 12.0. The standard InChI is InChI=1S/C13H27Cl3O6Si/c1-17-2-3-18-4-5-19-6-7-20-8-9-21-10-11-22-12-13-23(14,15)16/h2-13H2,1H3. The third kappa shape index (κ3) is 22.8. The summed E-state index contributed by atoms with van der Waals surface area (Å²) < 4.78 is 31.4. The van der Waals surface area contributed by atoms with Crippen molar-refractivity contribution in [3.8, 4) is 0 Å². The van der Waals surface area contributed by atoms with Gasteiger partial charge >= 0.3 is 6.00 Å². The summed E-state index contributed by atoms with van der Waals surface area (Å²) in [4.78, 5) is 0. The molecule has 140 valence electrons.